The Balaban J connectivity index is 2.13. The summed E-state index contributed by atoms with van der Waals surface area (Å²) in [5.74, 6) is 0.936. The molecule has 1 aromatic carbocycles. The Morgan fingerprint density at radius 3 is 2.67 bits per heavy atom. The van der Waals surface area contributed by atoms with Crippen LogP contribution in [0.25, 0.3) is 0 Å². The van der Waals surface area contributed by atoms with Crippen LogP contribution in [0.3, 0.4) is 0 Å². The second kappa shape index (κ2) is 4.53. The standard InChI is InChI=1S/C12H12BrNO/c1-9(12-7-4-8-15-12)14-11-6-3-2-5-10(11)13/h2-9,14H,1H3/t9-/m0/s1. The van der Waals surface area contributed by atoms with Gasteiger partial charge in [0.1, 0.15) is 5.76 Å². The number of hydrogen-bond donors (Lipinski definition) is 1. The van der Waals surface area contributed by atoms with Crippen molar-refractivity contribution in [3.05, 3.63) is 52.9 Å². The first kappa shape index (κ1) is 10.3. The van der Waals surface area contributed by atoms with Gasteiger partial charge in [0, 0.05) is 10.2 Å². The maximum atomic E-state index is 5.33. The van der Waals surface area contributed by atoms with Crippen molar-refractivity contribution in [2.75, 3.05) is 5.32 Å². The van der Waals surface area contributed by atoms with E-state index in [1.165, 1.54) is 0 Å². The first-order valence-corrected chi connectivity index (χ1v) is 5.61. The molecule has 0 saturated heterocycles. The van der Waals surface area contributed by atoms with Gasteiger partial charge in [-0.15, -0.1) is 0 Å². The molecule has 1 N–H and O–H groups in total. The van der Waals surface area contributed by atoms with E-state index in [1.54, 1.807) is 6.26 Å². The van der Waals surface area contributed by atoms with Gasteiger partial charge in [0.15, 0.2) is 0 Å². The number of hydrogen-bond acceptors (Lipinski definition) is 2. The quantitative estimate of drug-likeness (QED) is 0.899. The van der Waals surface area contributed by atoms with Crippen LogP contribution in [0.2, 0.25) is 0 Å². The third-order valence-corrected chi connectivity index (χ3v) is 2.91. The van der Waals surface area contributed by atoms with Crippen molar-refractivity contribution >= 4 is 21.6 Å². The number of anilines is 1. The van der Waals surface area contributed by atoms with E-state index < -0.39 is 0 Å². The van der Waals surface area contributed by atoms with Crippen molar-refractivity contribution in [2.24, 2.45) is 0 Å². The molecule has 0 unspecified atom stereocenters. The maximum absolute atomic E-state index is 5.33. The number of furan rings is 1. The Bertz CT molecular complexity index is 425. The van der Waals surface area contributed by atoms with Gasteiger partial charge in [-0.25, -0.2) is 0 Å². The highest BCUT2D eigenvalue weighted by molar-refractivity contribution is 9.10. The van der Waals surface area contributed by atoms with Crippen molar-refractivity contribution in [2.45, 2.75) is 13.0 Å². The van der Waals surface area contributed by atoms with Crippen molar-refractivity contribution in [3.63, 3.8) is 0 Å². The monoisotopic (exact) mass is 265 g/mol. The van der Waals surface area contributed by atoms with Gasteiger partial charge in [0.05, 0.1) is 12.3 Å². The molecular weight excluding hydrogens is 254 g/mol. The molecule has 1 heterocycles. The fourth-order valence-electron chi connectivity index (χ4n) is 1.42. The minimum absolute atomic E-state index is 0.165. The van der Waals surface area contributed by atoms with Crippen molar-refractivity contribution in [3.8, 4) is 0 Å². The van der Waals surface area contributed by atoms with E-state index in [1.807, 2.05) is 36.4 Å². The topological polar surface area (TPSA) is 25.2 Å². The van der Waals surface area contributed by atoms with E-state index in [-0.39, 0.29) is 6.04 Å². The fraction of sp³-hybridized carbons (Fsp3) is 0.167. The molecule has 0 fully saturated rings. The number of rotatable bonds is 3. The Morgan fingerprint density at radius 2 is 2.00 bits per heavy atom. The predicted molar refractivity (Wildman–Crippen MR) is 64.9 cm³/mol. The number of halogens is 1. The zero-order chi connectivity index (χ0) is 10.7. The van der Waals surface area contributed by atoms with Crippen LogP contribution in [-0.2, 0) is 0 Å². The third-order valence-electron chi connectivity index (χ3n) is 2.22. The predicted octanol–water partition coefficient (Wildman–Crippen LogP) is 4.22. The van der Waals surface area contributed by atoms with E-state index in [4.69, 9.17) is 4.42 Å². The van der Waals surface area contributed by atoms with Gasteiger partial charge in [-0.2, -0.15) is 0 Å². The molecule has 3 heteroatoms. The molecule has 0 aliphatic heterocycles. The second-order valence-electron chi connectivity index (χ2n) is 3.36. The summed E-state index contributed by atoms with van der Waals surface area (Å²) in [7, 11) is 0. The molecule has 0 saturated carbocycles. The lowest BCUT2D eigenvalue weighted by atomic mass is 10.2. The van der Waals surface area contributed by atoms with Crippen LogP contribution in [0.15, 0.2) is 51.6 Å². The highest BCUT2D eigenvalue weighted by Gasteiger charge is 2.08. The lowest BCUT2D eigenvalue weighted by Crippen LogP contribution is -2.05. The smallest absolute Gasteiger partial charge is 0.125 e. The minimum atomic E-state index is 0.165. The molecule has 0 aliphatic carbocycles. The normalized spacial score (nSPS) is 12.4. The van der Waals surface area contributed by atoms with Gasteiger partial charge in [-0.1, -0.05) is 12.1 Å². The molecular formula is C12H12BrNO. The molecule has 2 aromatic rings. The van der Waals surface area contributed by atoms with Crippen molar-refractivity contribution < 1.29 is 4.42 Å². The first-order valence-electron chi connectivity index (χ1n) is 4.82. The lowest BCUT2D eigenvalue weighted by Gasteiger charge is -2.13. The fourth-order valence-corrected chi connectivity index (χ4v) is 1.82. The number of para-hydroxylation sites is 1. The Kier molecular flexibility index (Phi) is 3.11. The van der Waals surface area contributed by atoms with Crippen LogP contribution in [0.1, 0.15) is 18.7 Å². The SMILES string of the molecule is C[C@H](Nc1ccccc1Br)c1ccco1. The van der Waals surface area contributed by atoms with Crippen LogP contribution in [0.4, 0.5) is 5.69 Å². The van der Waals surface area contributed by atoms with Gasteiger partial charge in [-0.05, 0) is 47.1 Å². The molecule has 1 aromatic heterocycles. The van der Waals surface area contributed by atoms with E-state index in [0.717, 1.165) is 15.9 Å². The highest BCUT2D eigenvalue weighted by Crippen LogP contribution is 2.26. The number of benzene rings is 1. The Morgan fingerprint density at radius 1 is 1.20 bits per heavy atom. The summed E-state index contributed by atoms with van der Waals surface area (Å²) >= 11 is 3.49. The van der Waals surface area contributed by atoms with Gasteiger partial charge in [0.2, 0.25) is 0 Å². The molecule has 2 nitrogen and oxygen atoms in total. The molecule has 78 valence electrons. The first-order chi connectivity index (χ1) is 7.27. The third kappa shape index (κ3) is 2.42. The number of nitrogens with one attached hydrogen (secondary N) is 1. The van der Waals surface area contributed by atoms with E-state index >= 15 is 0 Å². The van der Waals surface area contributed by atoms with Crippen LogP contribution >= 0.6 is 15.9 Å². The molecule has 0 aliphatic rings. The second-order valence-corrected chi connectivity index (χ2v) is 4.22. The van der Waals surface area contributed by atoms with Crippen molar-refractivity contribution in [1.29, 1.82) is 0 Å². The summed E-state index contributed by atoms with van der Waals surface area (Å²) in [4.78, 5) is 0. The van der Waals surface area contributed by atoms with E-state index in [9.17, 15) is 0 Å². The van der Waals surface area contributed by atoms with Gasteiger partial charge in [0.25, 0.3) is 0 Å². The average Bonchev–Trinajstić information content (AvgIpc) is 2.74. The van der Waals surface area contributed by atoms with Gasteiger partial charge in [-0.3, -0.25) is 0 Å². The Labute approximate surface area is 97.4 Å². The molecule has 2 rings (SSSR count). The van der Waals surface area contributed by atoms with Crippen LogP contribution in [0, 0.1) is 0 Å². The molecule has 0 radical (unpaired) electrons. The molecule has 0 spiro atoms. The average molecular weight is 266 g/mol. The minimum Gasteiger partial charge on any atom is -0.467 e. The van der Waals surface area contributed by atoms with E-state index in [0.29, 0.717) is 0 Å². The summed E-state index contributed by atoms with van der Waals surface area (Å²) in [5, 5.41) is 3.37. The molecule has 15 heavy (non-hydrogen) atoms. The highest BCUT2D eigenvalue weighted by atomic mass is 79.9. The molecule has 0 bridgehead atoms. The summed E-state index contributed by atoms with van der Waals surface area (Å²) in [6.45, 7) is 2.07. The Hall–Kier alpha value is -1.22. The zero-order valence-electron chi connectivity index (χ0n) is 8.41. The largest absolute Gasteiger partial charge is 0.467 e. The van der Waals surface area contributed by atoms with Crippen LogP contribution in [-0.4, -0.2) is 0 Å². The van der Waals surface area contributed by atoms with Crippen LogP contribution < -0.4 is 5.32 Å². The molecule has 0 amide bonds. The van der Waals surface area contributed by atoms with Gasteiger partial charge < -0.3 is 9.73 Å². The molecule has 1 atom stereocenters. The van der Waals surface area contributed by atoms with Crippen molar-refractivity contribution in [1.82, 2.24) is 0 Å². The summed E-state index contributed by atoms with van der Waals surface area (Å²) < 4.78 is 6.39. The summed E-state index contributed by atoms with van der Waals surface area (Å²) in [6, 6.07) is 12.1. The maximum Gasteiger partial charge on any atom is 0.125 e. The van der Waals surface area contributed by atoms with Crippen LogP contribution in [0.5, 0.6) is 0 Å². The summed E-state index contributed by atoms with van der Waals surface area (Å²) in [6.07, 6.45) is 1.69. The zero-order valence-corrected chi connectivity index (χ0v) is 9.99. The lowest BCUT2D eigenvalue weighted by molar-refractivity contribution is 0.490. The van der Waals surface area contributed by atoms with E-state index in [2.05, 4.69) is 28.2 Å². The van der Waals surface area contributed by atoms with Gasteiger partial charge >= 0.3 is 0 Å². The summed E-state index contributed by atoms with van der Waals surface area (Å²) in [5.41, 5.74) is 1.07.